The van der Waals surface area contributed by atoms with Crippen LogP contribution in [0.1, 0.15) is 23.9 Å². The first-order valence-corrected chi connectivity index (χ1v) is 10.4. The van der Waals surface area contributed by atoms with Crippen molar-refractivity contribution >= 4 is 43.6 Å². The molecule has 0 N–H and O–H groups in total. The molecule has 0 bridgehead atoms. The van der Waals surface area contributed by atoms with Gasteiger partial charge in [0.05, 0.1) is 5.39 Å². The lowest BCUT2D eigenvalue weighted by molar-refractivity contribution is 0.540. The first-order chi connectivity index (χ1) is 14.7. The lowest BCUT2D eigenvalue weighted by atomic mass is 9.96. The number of aromatic nitrogens is 1. The molecule has 0 atom stereocenters. The minimum Gasteiger partial charge on any atom is -0.455 e. The lowest BCUT2D eigenvalue weighted by Gasteiger charge is -2.07. The fourth-order valence-corrected chi connectivity index (χ4v) is 4.66. The maximum Gasteiger partial charge on any atom is 0.195 e. The van der Waals surface area contributed by atoms with Gasteiger partial charge in [-0.2, -0.15) is 0 Å². The number of hydrogen-bond donors (Lipinski definition) is 0. The second-order valence-corrected chi connectivity index (χ2v) is 7.92. The summed E-state index contributed by atoms with van der Waals surface area (Å²) in [4.78, 5) is 4.88. The Labute approximate surface area is 173 Å². The molecule has 2 aromatic heterocycles. The van der Waals surface area contributed by atoms with Crippen LogP contribution in [0.2, 0.25) is 0 Å². The topological polar surface area (TPSA) is 39.2 Å². The molecule has 0 saturated heterocycles. The van der Waals surface area contributed by atoms with Crippen molar-refractivity contribution in [2.75, 3.05) is 0 Å². The molecular formula is C27H21NO2. The van der Waals surface area contributed by atoms with Gasteiger partial charge >= 0.3 is 0 Å². The summed E-state index contributed by atoms with van der Waals surface area (Å²) >= 11 is 0. The fourth-order valence-electron chi connectivity index (χ4n) is 4.66. The molecule has 0 aliphatic carbocycles. The first kappa shape index (κ1) is 17.3. The van der Waals surface area contributed by atoms with E-state index in [1.54, 1.807) is 0 Å². The Hall–Kier alpha value is -3.59. The number of benzene rings is 4. The van der Waals surface area contributed by atoms with Crippen molar-refractivity contribution in [2.45, 2.75) is 27.2 Å². The third-order valence-electron chi connectivity index (χ3n) is 6.14. The van der Waals surface area contributed by atoms with E-state index in [1.807, 2.05) is 18.2 Å². The van der Waals surface area contributed by atoms with E-state index in [0.29, 0.717) is 0 Å². The van der Waals surface area contributed by atoms with Crippen LogP contribution in [0.5, 0.6) is 0 Å². The van der Waals surface area contributed by atoms with Gasteiger partial charge in [0.15, 0.2) is 11.5 Å². The summed E-state index contributed by atoms with van der Waals surface area (Å²) in [7, 11) is 0. The second kappa shape index (κ2) is 6.20. The molecule has 0 spiro atoms. The Bertz CT molecular complexity index is 1590. The number of furan rings is 1. The molecule has 3 nitrogen and oxygen atoms in total. The maximum atomic E-state index is 6.55. The lowest BCUT2D eigenvalue weighted by Crippen LogP contribution is -1.84. The van der Waals surface area contributed by atoms with Gasteiger partial charge in [-0.25, -0.2) is 4.98 Å². The third kappa shape index (κ3) is 2.23. The van der Waals surface area contributed by atoms with Gasteiger partial charge in [0.1, 0.15) is 16.9 Å². The number of oxazole rings is 1. The van der Waals surface area contributed by atoms with Gasteiger partial charge in [-0.1, -0.05) is 61.5 Å². The van der Waals surface area contributed by atoms with E-state index >= 15 is 0 Å². The van der Waals surface area contributed by atoms with Gasteiger partial charge in [-0.3, -0.25) is 0 Å². The summed E-state index contributed by atoms with van der Waals surface area (Å²) in [5.41, 5.74) is 6.05. The van der Waals surface area contributed by atoms with Gasteiger partial charge < -0.3 is 8.83 Å². The van der Waals surface area contributed by atoms with Crippen LogP contribution in [0, 0.1) is 13.8 Å². The van der Waals surface area contributed by atoms with Gasteiger partial charge in [0, 0.05) is 28.3 Å². The molecule has 6 aromatic rings. The molecule has 0 aliphatic rings. The van der Waals surface area contributed by atoms with Crippen molar-refractivity contribution in [3.8, 4) is 11.3 Å². The van der Waals surface area contributed by atoms with E-state index in [0.717, 1.165) is 62.0 Å². The number of aryl methyl sites for hydroxylation is 3. The number of nitrogens with zero attached hydrogens (tertiary/aromatic N) is 1. The predicted octanol–water partition coefficient (Wildman–Crippen LogP) is 7.73. The van der Waals surface area contributed by atoms with Gasteiger partial charge in [-0.15, -0.1) is 0 Å². The minimum atomic E-state index is 0.754. The minimum absolute atomic E-state index is 0.754. The molecule has 0 radical (unpaired) electrons. The van der Waals surface area contributed by atoms with E-state index < -0.39 is 0 Å². The number of rotatable bonds is 2. The highest BCUT2D eigenvalue weighted by Gasteiger charge is 2.23. The van der Waals surface area contributed by atoms with Crippen molar-refractivity contribution in [1.82, 2.24) is 4.98 Å². The third-order valence-corrected chi connectivity index (χ3v) is 6.14. The van der Waals surface area contributed by atoms with Crippen LogP contribution in [-0.2, 0) is 6.42 Å². The smallest absolute Gasteiger partial charge is 0.195 e. The zero-order valence-electron chi connectivity index (χ0n) is 17.2. The van der Waals surface area contributed by atoms with E-state index in [-0.39, 0.29) is 0 Å². The average Bonchev–Trinajstić information content (AvgIpc) is 3.35. The average molecular weight is 391 g/mol. The highest BCUT2D eigenvalue weighted by molar-refractivity contribution is 6.29. The van der Waals surface area contributed by atoms with E-state index in [4.69, 9.17) is 13.8 Å². The fraction of sp³-hybridized carbons (Fsp3) is 0.148. The zero-order valence-corrected chi connectivity index (χ0v) is 17.2. The van der Waals surface area contributed by atoms with Crippen LogP contribution in [0.15, 0.2) is 69.5 Å². The largest absolute Gasteiger partial charge is 0.455 e. The van der Waals surface area contributed by atoms with E-state index in [2.05, 4.69) is 63.2 Å². The molecule has 30 heavy (non-hydrogen) atoms. The molecule has 0 amide bonds. The van der Waals surface area contributed by atoms with Crippen molar-refractivity contribution in [2.24, 2.45) is 0 Å². The Balaban J connectivity index is 1.88. The van der Waals surface area contributed by atoms with Crippen LogP contribution in [0.25, 0.3) is 54.9 Å². The normalized spacial score (nSPS) is 12.0. The summed E-state index contributed by atoms with van der Waals surface area (Å²) in [6.07, 6.45) is 0.754. The van der Waals surface area contributed by atoms with Crippen molar-refractivity contribution in [3.63, 3.8) is 0 Å². The maximum absolute atomic E-state index is 6.55. The predicted molar refractivity (Wildman–Crippen MR) is 123 cm³/mol. The molecule has 146 valence electrons. The van der Waals surface area contributed by atoms with Crippen molar-refractivity contribution in [1.29, 1.82) is 0 Å². The summed E-state index contributed by atoms with van der Waals surface area (Å²) in [6.45, 7) is 6.33. The highest BCUT2D eigenvalue weighted by atomic mass is 16.4. The molecule has 2 heterocycles. The molecule has 6 rings (SSSR count). The quantitative estimate of drug-likeness (QED) is 0.284. The van der Waals surface area contributed by atoms with Crippen LogP contribution in [0.4, 0.5) is 0 Å². The summed E-state index contributed by atoms with van der Waals surface area (Å²) in [5, 5.41) is 5.60. The number of hydrogen-bond acceptors (Lipinski definition) is 3. The molecule has 0 unspecified atom stereocenters. The van der Waals surface area contributed by atoms with Crippen LogP contribution < -0.4 is 0 Å². The van der Waals surface area contributed by atoms with Crippen LogP contribution >= 0.6 is 0 Å². The van der Waals surface area contributed by atoms with Gasteiger partial charge in [0.2, 0.25) is 0 Å². The Kier molecular flexibility index (Phi) is 3.57. The first-order valence-electron chi connectivity index (χ1n) is 10.4. The zero-order chi connectivity index (χ0) is 20.4. The van der Waals surface area contributed by atoms with Crippen LogP contribution in [0.3, 0.4) is 0 Å². The molecule has 4 aromatic carbocycles. The van der Waals surface area contributed by atoms with Gasteiger partial charge in [0.25, 0.3) is 0 Å². The highest BCUT2D eigenvalue weighted by Crippen LogP contribution is 2.44. The molecule has 0 saturated carbocycles. The Morgan fingerprint density at radius 2 is 1.53 bits per heavy atom. The molecule has 3 heteroatoms. The monoisotopic (exact) mass is 391 g/mol. The molecular weight excluding hydrogens is 370 g/mol. The van der Waals surface area contributed by atoms with Crippen LogP contribution in [-0.4, -0.2) is 4.98 Å². The Morgan fingerprint density at radius 3 is 2.33 bits per heavy atom. The van der Waals surface area contributed by atoms with E-state index in [9.17, 15) is 0 Å². The summed E-state index contributed by atoms with van der Waals surface area (Å²) in [5.74, 6) is 1.65. The second-order valence-electron chi connectivity index (χ2n) is 7.92. The van der Waals surface area contributed by atoms with Crippen molar-refractivity contribution in [3.05, 3.63) is 77.7 Å². The molecule has 0 fully saturated rings. The van der Waals surface area contributed by atoms with E-state index in [1.165, 1.54) is 16.3 Å². The van der Waals surface area contributed by atoms with Crippen molar-refractivity contribution < 1.29 is 8.83 Å². The standard InChI is InChI=1S/C27H21NO2/c1-4-21-28-24-22-16(3)25(17-10-6-5-7-11-17)30-26(22)20-14-13-18-15(2)9-8-12-19(18)23(20)27(24)29-21/h5-14H,4H2,1-3H3. The summed E-state index contributed by atoms with van der Waals surface area (Å²) in [6, 6.07) is 21.0. The van der Waals surface area contributed by atoms with Gasteiger partial charge in [-0.05, 0) is 36.2 Å². The molecule has 0 aliphatic heterocycles. The Morgan fingerprint density at radius 1 is 0.733 bits per heavy atom. The summed E-state index contributed by atoms with van der Waals surface area (Å²) < 4.78 is 12.9. The number of fused-ring (bicyclic) bond motifs is 8. The SMILES string of the molecule is CCc1nc2c(o1)c1c3cccc(C)c3ccc1c1oc(-c3ccccc3)c(C)c21.